The van der Waals surface area contributed by atoms with Crippen LogP contribution in [0, 0.1) is 0 Å². The lowest BCUT2D eigenvalue weighted by Gasteiger charge is -2.11. The van der Waals surface area contributed by atoms with Gasteiger partial charge in [-0.2, -0.15) is 0 Å². The van der Waals surface area contributed by atoms with Crippen molar-refractivity contribution in [1.29, 1.82) is 0 Å². The number of hydrogen-bond donors (Lipinski definition) is 0. The van der Waals surface area contributed by atoms with Gasteiger partial charge in [0, 0.05) is 31.5 Å². The van der Waals surface area contributed by atoms with Crippen molar-refractivity contribution in [2.45, 2.75) is 33.0 Å². The van der Waals surface area contributed by atoms with Gasteiger partial charge in [0.1, 0.15) is 30.4 Å². The van der Waals surface area contributed by atoms with Crippen molar-refractivity contribution in [3.63, 3.8) is 0 Å². The van der Waals surface area contributed by atoms with Crippen LogP contribution in [-0.2, 0) is 30.8 Å². The Kier molecular flexibility index (Phi) is 9.41. The molecule has 0 saturated carbocycles. The highest BCUT2D eigenvalue weighted by Gasteiger charge is 2.21. The molecule has 7 rings (SSSR count). The first-order chi connectivity index (χ1) is 24.1. The van der Waals surface area contributed by atoms with E-state index in [4.69, 9.17) is 24.2 Å². The van der Waals surface area contributed by atoms with Crippen molar-refractivity contribution >= 4 is 11.6 Å². The standard InChI is InChI=1S/C42H35N3O4/c1-30(46)49-42-39(26-32-17-21-36(22-18-32)47-28-33-13-7-3-8-14-33)44-41-38(25-31-11-5-2-6-12-31)43-40(27-45(41)42)35-19-23-37(24-20-35)48-29-34-15-9-4-10-16-34/h2-24,27H,25-26,28-29H2,1H3. The van der Waals surface area contributed by atoms with Crippen LogP contribution < -0.4 is 14.2 Å². The number of aromatic nitrogens is 3. The van der Waals surface area contributed by atoms with Crippen LogP contribution in [-0.4, -0.2) is 20.3 Å². The highest BCUT2D eigenvalue weighted by Crippen LogP contribution is 2.30. The maximum absolute atomic E-state index is 12.4. The molecule has 7 heteroatoms. The summed E-state index contributed by atoms with van der Waals surface area (Å²) in [5.74, 6) is 1.50. The number of ether oxygens (including phenoxy) is 3. The van der Waals surface area contributed by atoms with Crippen LogP contribution in [0.5, 0.6) is 17.4 Å². The van der Waals surface area contributed by atoms with Gasteiger partial charge in [-0.3, -0.25) is 9.20 Å². The summed E-state index contributed by atoms with van der Waals surface area (Å²) in [4.78, 5) is 22.6. The first kappa shape index (κ1) is 31.4. The molecule has 7 aromatic rings. The van der Waals surface area contributed by atoms with Gasteiger partial charge in [-0.15, -0.1) is 0 Å². The average Bonchev–Trinajstić information content (AvgIpc) is 3.48. The molecule has 2 heterocycles. The van der Waals surface area contributed by atoms with Gasteiger partial charge in [-0.05, 0) is 58.7 Å². The molecule has 0 N–H and O–H groups in total. The summed E-state index contributed by atoms with van der Waals surface area (Å²) in [5.41, 5.74) is 8.01. The molecule has 7 nitrogen and oxygen atoms in total. The van der Waals surface area contributed by atoms with Crippen LogP contribution in [0.1, 0.15) is 40.6 Å². The summed E-state index contributed by atoms with van der Waals surface area (Å²) < 4.78 is 19.7. The van der Waals surface area contributed by atoms with Crippen LogP contribution in [0.3, 0.4) is 0 Å². The molecule has 0 bridgehead atoms. The lowest BCUT2D eigenvalue weighted by atomic mass is 10.1. The van der Waals surface area contributed by atoms with E-state index in [9.17, 15) is 4.79 Å². The number of imidazole rings is 1. The van der Waals surface area contributed by atoms with Gasteiger partial charge in [0.15, 0.2) is 5.65 Å². The smallest absolute Gasteiger partial charge is 0.309 e. The first-order valence-electron chi connectivity index (χ1n) is 16.2. The Morgan fingerprint density at radius 3 is 1.61 bits per heavy atom. The zero-order chi connectivity index (χ0) is 33.4. The minimum atomic E-state index is -0.421. The first-order valence-corrected chi connectivity index (χ1v) is 16.2. The van der Waals surface area contributed by atoms with Gasteiger partial charge in [0.2, 0.25) is 5.88 Å². The lowest BCUT2D eigenvalue weighted by Crippen LogP contribution is -2.07. The van der Waals surface area contributed by atoms with E-state index in [0.29, 0.717) is 43.3 Å². The molecular formula is C42H35N3O4. The summed E-state index contributed by atoms with van der Waals surface area (Å²) in [5, 5.41) is 0. The Bertz CT molecular complexity index is 2150. The Labute approximate surface area is 285 Å². The Morgan fingerprint density at radius 1 is 0.571 bits per heavy atom. The van der Waals surface area contributed by atoms with E-state index in [2.05, 4.69) is 12.1 Å². The maximum atomic E-state index is 12.4. The van der Waals surface area contributed by atoms with Crippen molar-refractivity contribution in [2.24, 2.45) is 0 Å². The van der Waals surface area contributed by atoms with Crippen molar-refractivity contribution < 1.29 is 19.0 Å². The van der Waals surface area contributed by atoms with Crippen molar-refractivity contribution in [1.82, 2.24) is 14.4 Å². The minimum Gasteiger partial charge on any atom is -0.489 e. The van der Waals surface area contributed by atoms with Crippen LogP contribution in [0.25, 0.3) is 16.9 Å². The number of carbonyl (C=O) groups excluding carboxylic acids is 1. The summed E-state index contributed by atoms with van der Waals surface area (Å²) in [6.07, 6.45) is 2.90. The van der Waals surface area contributed by atoms with E-state index in [1.54, 1.807) is 0 Å². The molecule has 5 aromatic carbocycles. The molecule has 49 heavy (non-hydrogen) atoms. The molecule has 242 valence electrons. The predicted octanol–water partition coefficient (Wildman–Crippen LogP) is 8.66. The zero-order valence-electron chi connectivity index (χ0n) is 27.2. The Hall–Kier alpha value is -6.21. The maximum Gasteiger partial charge on any atom is 0.309 e. The number of benzene rings is 5. The summed E-state index contributed by atoms with van der Waals surface area (Å²) in [6.45, 7) is 2.38. The molecule has 0 saturated heterocycles. The van der Waals surface area contributed by atoms with E-state index in [-0.39, 0.29) is 0 Å². The van der Waals surface area contributed by atoms with Gasteiger partial charge in [-0.25, -0.2) is 9.97 Å². The van der Waals surface area contributed by atoms with Gasteiger partial charge >= 0.3 is 5.97 Å². The highest BCUT2D eigenvalue weighted by molar-refractivity contribution is 5.71. The van der Waals surface area contributed by atoms with Crippen molar-refractivity contribution in [3.8, 4) is 28.6 Å². The minimum absolute atomic E-state index is 0.382. The predicted molar refractivity (Wildman–Crippen MR) is 190 cm³/mol. The van der Waals surface area contributed by atoms with E-state index in [0.717, 1.165) is 50.7 Å². The normalized spacial score (nSPS) is 11.0. The fourth-order valence-corrected chi connectivity index (χ4v) is 5.64. The third-order valence-corrected chi connectivity index (χ3v) is 8.10. The van der Waals surface area contributed by atoms with E-state index >= 15 is 0 Å². The van der Waals surface area contributed by atoms with E-state index < -0.39 is 5.97 Å². The average molecular weight is 646 g/mol. The fourth-order valence-electron chi connectivity index (χ4n) is 5.64. The third kappa shape index (κ3) is 7.85. The SMILES string of the molecule is CC(=O)Oc1c(Cc2ccc(OCc3ccccc3)cc2)nc2c(Cc3ccccc3)nc(-c3ccc(OCc4ccccc4)cc3)cn12. The second kappa shape index (κ2) is 14.7. The molecule has 0 spiro atoms. The molecule has 0 fully saturated rings. The number of carbonyl (C=O) groups is 1. The van der Waals surface area contributed by atoms with Crippen LogP contribution in [0.15, 0.2) is 146 Å². The largest absolute Gasteiger partial charge is 0.489 e. The topological polar surface area (TPSA) is 75.0 Å². The monoisotopic (exact) mass is 645 g/mol. The molecule has 0 unspecified atom stereocenters. The summed E-state index contributed by atoms with van der Waals surface area (Å²) in [7, 11) is 0. The van der Waals surface area contributed by atoms with Gasteiger partial charge in [-0.1, -0.05) is 103 Å². The van der Waals surface area contributed by atoms with Gasteiger partial charge in [0.05, 0.1) is 11.4 Å². The Morgan fingerprint density at radius 2 is 1.06 bits per heavy atom. The molecule has 0 aliphatic rings. The summed E-state index contributed by atoms with van der Waals surface area (Å²) >= 11 is 0. The van der Waals surface area contributed by atoms with Crippen LogP contribution in [0.2, 0.25) is 0 Å². The van der Waals surface area contributed by atoms with E-state index in [1.807, 2.05) is 138 Å². The number of nitrogens with zero attached hydrogens (tertiary/aromatic N) is 3. The highest BCUT2D eigenvalue weighted by atomic mass is 16.5. The lowest BCUT2D eigenvalue weighted by molar-refractivity contribution is -0.132. The zero-order valence-corrected chi connectivity index (χ0v) is 27.2. The van der Waals surface area contributed by atoms with Crippen LogP contribution >= 0.6 is 0 Å². The second-order valence-corrected chi connectivity index (χ2v) is 11.8. The fraction of sp³-hybridized carbons (Fsp3) is 0.119. The van der Waals surface area contributed by atoms with E-state index in [1.165, 1.54) is 6.92 Å². The van der Waals surface area contributed by atoms with Crippen molar-refractivity contribution in [2.75, 3.05) is 0 Å². The molecule has 0 aliphatic heterocycles. The molecule has 0 radical (unpaired) electrons. The number of rotatable bonds is 12. The number of esters is 1. The molecular weight excluding hydrogens is 610 g/mol. The molecule has 0 aliphatic carbocycles. The number of hydrogen-bond acceptors (Lipinski definition) is 6. The molecule has 0 atom stereocenters. The second-order valence-electron chi connectivity index (χ2n) is 11.8. The Balaban J connectivity index is 1.20. The number of fused-ring (bicyclic) bond motifs is 1. The van der Waals surface area contributed by atoms with Crippen LogP contribution in [0.4, 0.5) is 0 Å². The molecule has 2 aromatic heterocycles. The van der Waals surface area contributed by atoms with Gasteiger partial charge < -0.3 is 14.2 Å². The van der Waals surface area contributed by atoms with Crippen molar-refractivity contribution in [3.05, 3.63) is 179 Å². The molecule has 0 amide bonds. The van der Waals surface area contributed by atoms with Gasteiger partial charge in [0.25, 0.3) is 0 Å². The quantitative estimate of drug-likeness (QED) is 0.124. The summed E-state index contributed by atoms with van der Waals surface area (Å²) in [6, 6.07) is 46.1. The third-order valence-electron chi connectivity index (χ3n) is 8.10.